The Balaban J connectivity index is 1.42. The molecular weight excluding hydrogens is 334 g/mol. The van der Waals surface area contributed by atoms with Crippen molar-refractivity contribution in [1.29, 1.82) is 0 Å². The largest absolute Gasteiger partial charge is 0.476 e. The maximum atomic E-state index is 12.0. The summed E-state index contributed by atoms with van der Waals surface area (Å²) in [5, 5.41) is 13.9. The number of amides is 1. The van der Waals surface area contributed by atoms with Crippen LogP contribution in [0.15, 0.2) is 9.72 Å². The lowest BCUT2D eigenvalue weighted by Crippen LogP contribution is -2.41. The van der Waals surface area contributed by atoms with Crippen LogP contribution >= 0.6 is 23.1 Å². The molecule has 1 saturated heterocycles. The SMILES string of the molecule is O=C(O)c1csc(SCCN2C(=O)CC[C@@H]2CNCC2CC2)n1. The van der Waals surface area contributed by atoms with Crippen molar-refractivity contribution < 1.29 is 14.7 Å². The van der Waals surface area contributed by atoms with E-state index in [-0.39, 0.29) is 11.6 Å². The molecule has 1 aliphatic carbocycles. The summed E-state index contributed by atoms with van der Waals surface area (Å²) in [5.74, 6) is 0.834. The molecule has 0 aromatic carbocycles. The Kier molecular flexibility index (Phi) is 5.55. The number of aromatic carboxylic acids is 1. The van der Waals surface area contributed by atoms with Crippen molar-refractivity contribution in [1.82, 2.24) is 15.2 Å². The van der Waals surface area contributed by atoms with Crippen molar-refractivity contribution in [2.24, 2.45) is 5.92 Å². The minimum atomic E-state index is -0.996. The predicted octanol–water partition coefficient (Wildman–Crippen LogP) is 1.92. The quantitative estimate of drug-likeness (QED) is 0.659. The van der Waals surface area contributed by atoms with E-state index in [1.807, 2.05) is 4.90 Å². The molecule has 0 spiro atoms. The molecule has 23 heavy (non-hydrogen) atoms. The Hall–Kier alpha value is -1.12. The van der Waals surface area contributed by atoms with E-state index in [1.54, 1.807) is 5.38 Å². The van der Waals surface area contributed by atoms with Crippen molar-refractivity contribution in [3.8, 4) is 0 Å². The topological polar surface area (TPSA) is 82.5 Å². The molecule has 2 N–H and O–H groups in total. The van der Waals surface area contributed by atoms with Gasteiger partial charge >= 0.3 is 5.97 Å². The first-order chi connectivity index (χ1) is 11.1. The van der Waals surface area contributed by atoms with E-state index in [0.717, 1.165) is 35.5 Å². The van der Waals surface area contributed by atoms with Crippen LogP contribution in [-0.4, -0.2) is 58.3 Å². The van der Waals surface area contributed by atoms with Crippen LogP contribution in [0.5, 0.6) is 0 Å². The molecule has 0 unspecified atom stereocenters. The predicted molar refractivity (Wildman–Crippen MR) is 90.1 cm³/mol. The van der Waals surface area contributed by atoms with Crippen LogP contribution in [0, 0.1) is 5.92 Å². The van der Waals surface area contributed by atoms with Crippen molar-refractivity contribution in [2.45, 2.75) is 36.1 Å². The number of carbonyl (C=O) groups excluding carboxylic acids is 1. The van der Waals surface area contributed by atoms with E-state index in [1.165, 1.54) is 35.9 Å². The zero-order chi connectivity index (χ0) is 16.2. The minimum absolute atomic E-state index is 0.0944. The molecule has 1 atom stereocenters. The van der Waals surface area contributed by atoms with Gasteiger partial charge in [0.05, 0.1) is 0 Å². The van der Waals surface area contributed by atoms with Gasteiger partial charge in [-0.25, -0.2) is 9.78 Å². The summed E-state index contributed by atoms with van der Waals surface area (Å²) >= 11 is 2.86. The lowest BCUT2D eigenvalue weighted by Gasteiger charge is -2.25. The fraction of sp³-hybridized carbons (Fsp3) is 0.667. The van der Waals surface area contributed by atoms with Crippen LogP contribution in [0.25, 0.3) is 0 Å². The van der Waals surface area contributed by atoms with E-state index < -0.39 is 5.97 Å². The average Bonchev–Trinajstić information content (AvgIpc) is 3.10. The van der Waals surface area contributed by atoms with Gasteiger partial charge in [-0.1, -0.05) is 11.8 Å². The molecule has 1 saturated carbocycles. The molecule has 8 heteroatoms. The summed E-state index contributed by atoms with van der Waals surface area (Å²) in [6, 6.07) is 0.299. The first kappa shape index (κ1) is 16.7. The lowest BCUT2D eigenvalue weighted by molar-refractivity contribution is -0.128. The van der Waals surface area contributed by atoms with Gasteiger partial charge in [0.1, 0.15) is 0 Å². The molecule has 1 aromatic heterocycles. The van der Waals surface area contributed by atoms with Crippen molar-refractivity contribution in [2.75, 3.05) is 25.4 Å². The zero-order valence-electron chi connectivity index (χ0n) is 12.9. The third kappa shape index (κ3) is 4.68. The fourth-order valence-corrected chi connectivity index (χ4v) is 4.55. The van der Waals surface area contributed by atoms with Gasteiger partial charge in [-0.2, -0.15) is 0 Å². The van der Waals surface area contributed by atoms with E-state index in [9.17, 15) is 9.59 Å². The van der Waals surface area contributed by atoms with Crippen molar-refractivity contribution in [3.63, 3.8) is 0 Å². The highest BCUT2D eigenvalue weighted by Crippen LogP contribution is 2.28. The third-order valence-corrected chi connectivity index (χ3v) is 6.22. The first-order valence-electron chi connectivity index (χ1n) is 7.95. The van der Waals surface area contributed by atoms with Crippen LogP contribution in [0.1, 0.15) is 36.2 Å². The van der Waals surface area contributed by atoms with E-state index in [0.29, 0.717) is 19.0 Å². The summed E-state index contributed by atoms with van der Waals surface area (Å²) < 4.78 is 0.748. The molecule has 3 rings (SSSR count). The average molecular weight is 355 g/mol. The molecule has 1 aliphatic heterocycles. The van der Waals surface area contributed by atoms with Gasteiger partial charge in [0.2, 0.25) is 5.91 Å². The van der Waals surface area contributed by atoms with Crippen molar-refractivity contribution >= 4 is 35.0 Å². The van der Waals surface area contributed by atoms with Gasteiger partial charge in [-0.3, -0.25) is 4.79 Å². The smallest absolute Gasteiger partial charge is 0.355 e. The summed E-state index contributed by atoms with van der Waals surface area (Å²) in [5.41, 5.74) is 0.0944. The Morgan fingerprint density at radius 2 is 2.26 bits per heavy atom. The first-order valence-corrected chi connectivity index (χ1v) is 9.82. The fourth-order valence-electron chi connectivity index (χ4n) is 2.74. The van der Waals surface area contributed by atoms with Crippen LogP contribution in [0.2, 0.25) is 0 Å². The number of hydrogen-bond donors (Lipinski definition) is 2. The minimum Gasteiger partial charge on any atom is -0.476 e. The summed E-state index contributed by atoms with van der Waals surface area (Å²) in [7, 11) is 0. The van der Waals surface area contributed by atoms with E-state index in [4.69, 9.17) is 5.11 Å². The molecule has 1 aromatic rings. The second-order valence-electron chi connectivity index (χ2n) is 6.03. The van der Waals surface area contributed by atoms with Gasteiger partial charge < -0.3 is 15.3 Å². The molecule has 6 nitrogen and oxygen atoms in total. The number of likely N-dealkylation sites (tertiary alicyclic amines) is 1. The monoisotopic (exact) mass is 355 g/mol. The maximum Gasteiger partial charge on any atom is 0.355 e. The number of thiazole rings is 1. The standard InChI is InChI=1S/C15H21N3O3S2/c19-13-4-3-11(8-16-7-10-1-2-10)18(13)5-6-22-15-17-12(9-23-15)14(20)21/h9-11,16H,1-8H2,(H,20,21)/t11-/m1/s1. The molecule has 1 amide bonds. The number of nitrogens with one attached hydrogen (secondary N) is 1. The Morgan fingerprint density at radius 1 is 1.43 bits per heavy atom. The number of aromatic nitrogens is 1. The van der Waals surface area contributed by atoms with Crippen LogP contribution in [-0.2, 0) is 4.79 Å². The highest BCUT2D eigenvalue weighted by atomic mass is 32.2. The summed E-state index contributed by atoms with van der Waals surface area (Å²) in [4.78, 5) is 28.9. The molecule has 2 aliphatic rings. The van der Waals surface area contributed by atoms with E-state index >= 15 is 0 Å². The second-order valence-corrected chi connectivity index (χ2v) is 8.23. The molecule has 2 heterocycles. The van der Waals surface area contributed by atoms with Crippen LogP contribution in [0.3, 0.4) is 0 Å². The second kappa shape index (κ2) is 7.63. The maximum absolute atomic E-state index is 12.0. The Labute approximate surface area is 143 Å². The number of carboxylic acid groups (broad SMARTS) is 1. The van der Waals surface area contributed by atoms with Crippen LogP contribution in [0.4, 0.5) is 0 Å². The van der Waals surface area contributed by atoms with E-state index in [2.05, 4.69) is 10.3 Å². The number of thioether (sulfide) groups is 1. The highest BCUT2D eigenvalue weighted by Gasteiger charge is 2.30. The number of rotatable bonds is 9. The van der Waals surface area contributed by atoms with Gasteiger partial charge in [0.25, 0.3) is 0 Å². The number of carbonyl (C=O) groups is 2. The Morgan fingerprint density at radius 3 is 2.96 bits per heavy atom. The van der Waals surface area contributed by atoms with Gasteiger partial charge in [0.15, 0.2) is 10.0 Å². The summed E-state index contributed by atoms with van der Waals surface area (Å²) in [6.45, 7) is 2.65. The van der Waals surface area contributed by atoms with Gasteiger partial charge in [-0.15, -0.1) is 11.3 Å². The molecule has 0 bridgehead atoms. The normalized spacial score (nSPS) is 21.1. The molecule has 126 valence electrons. The number of hydrogen-bond acceptors (Lipinski definition) is 6. The van der Waals surface area contributed by atoms with Gasteiger partial charge in [0, 0.05) is 36.7 Å². The molecular formula is C15H21N3O3S2. The van der Waals surface area contributed by atoms with Gasteiger partial charge in [-0.05, 0) is 31.7 Å². The third-order valence-electron chi connectivity index (χ3n) is 4.22. The Bertz CT molecular complexity index is 574. The van der Waals surface area contributed by atoms with Crippen molar-refractivity contribution in [3.05, 3.63) is 11.1 Å². The number of nitrogens with zero attached hydrogens (tertiary/aromatic N) is 2. The summed E-state index contributed by atoms with van der Waals surface area (Å²) in [6.07, 6.45) is 4.24. The highest BCUT2D eigenvalue weighted by molar-refractivity contribution is 8.01. The molecule has 0 radical (unpaired) electrons. The molecule has 2 fully saturated rings. The zero-order valence-corrected chi connectivity index (χ0v) is 14.5. The lowest BCUT2D eigenvalue weighted by atomic mass is 10.2. The number of carboxylic acids is 1. The van der Waals surface area contributed by atoms with Crippen LogP contribution < -0.4 is 5.32 Å².